The Morgan fingerprint density at radius 3 is 1.58 bits per heavy atom. The van der Waals surface area contributed by atoms with Gasteiger partial charge >= 0.3 is 12.2 Å². The Morgan fingerprint density at radius 2 is 1.25 bits per heavy atom. The van der Waals surface area contributed by atoms with E-state index >= 15 is 0 Å². The van der Waals surface area contributed by atoms with Crippen LogP contribution in [0.4, 0.5) is 9.59 Å². The Hall–Kier alpha value is -1.54. The summed E-state index contributed by atoms with van der Waals surface area (Å²) in [5, 5.41) is 8.50. The minimum Gasteiger partial charge on any atom is -0.464 e. The Balaban J connectivity index is 4.66. The summed E-state index contributed by atoms with van der Waals surface area (Å²) in [6.45, 7) is 14.2. The van der Waals surface area contributed by atoms with E-state index in [-0.39, 0.29) is 11.2 Å². The smallest absolute Gasteiger partial charge is 0.426 e. The summed E-state index contributed by atoms with van der Waals surface area (Å²) in [5.41, 5.74) is 2.28. The molecule has 0 bridgehead atoms. The number of carboxylic acid groups (broad SMARTS) is 1. The van der Waals surface area contributed by atoms with E-state index in [1.807, 2.05) is 47.0 Å². The van der Waals surface area contributed by atoms with Gasteiger partial charge in [-0.15, -0.1) is 0 Å². The summed E-state index contributed by atoms with van der Waals surface area (Å²) in [6, 6.07) is 0. The van der Waals surface area contributed by atoms with Crippen LogP contribution in [0.1, 0.15) is 61.3 Å². The van der Waals surface area contributed by atoms with Gasteiger partial charge in [0.15, 0.2) is 0 Å². The largest absolute Gasteiger partial charge is 0.464 e. The Bertz CT molecular complexity index is 392. The van der Waals surface area contributed by atoms with Crippen molar-refractivity contribution in [3.63, 3.8) is 0 Å². The number of nitrogens with one attached hydrogen (secondary N) is 2. The van der Waals surface area contributed by atoms with Crippen LogP contribution in [-0.2, 0) is 14.2 Å². The van der Waals surface area contributed by atoms with Crippen molar-refractivity contribution in [2.24, 2.45) is 0 Å². The minimum absolute atomic E-state index is 0.296. The van der Waals surface area contributed by atoms with Gasteiger partial charge in [-0.25, -0.2) is 20.4 Å². The van der Waals surface area contributed by atoms with E-state index in [0.717, 1.165) is 0 Å². The third kappa shape index (κ3) is 13.0. The van der Waals surface area contributed by atoms with Crippen LogP contribution in [0, 0.1) is 0 Å². The maximum Gasteiger partial charge on any atom is 0.426 e. The van der Waals surface area contributed by atoms with Crippen molar-refractivity contribution in [1.29, 1.82) is 0 Å². The molecule has 2 amide bonds. The van der Waals surface area contributed by atoms with Crippen LogP contribution < -0.4 is 10.9 Å². The summed E-state index contributed by atoms with van der Waals surface area (Å²) in [5.74, 6) is 0. The maximum atomic E-state index is 11.7. The zero-order chi connectivity index (χ0) is 19.0. The highest BCUT2D eigenvalue weighted by atomic mass is 16.6. The maximum absolute atomic E-state index is 11.7. The molecule has 0 spiro atoms. The Morgan fingerprint density at radius 1 is 0.833 bits per heavy atom. The lowest BCUT2D eigenvalue weighted by molar-refractivity contribution is -0.0717. The fourth-order valence-electron chi connectivity index (χ4n) is 1.73. The van der Waals surface area contributed by atoms with E-state index in [1.54, 1.807) is 12.3 Å². The molecular formula is C16H32N2O6. The molecule has 0 fully saturated rings. The van der Waals surface area contributed by atoms with Gasteiger partial charge in [-0.05, 0) is 48.5 Å². The normalized spacial score (nSPS) is 12.6. The van der Waals surface area contributed by atoms with Crippen LogP contribution in [0.15, 0.2) is 0 Å². The molecule has 0 radical (unpaired) electrons. The molecule has 0 aromatic carbocycles. The van der Waals surface area contributed by atoms with Crippen molar-refractivity contribution >= 4 is 12.2 Å². The van der Waals surface area contributed by atoms with E-state index in [1.165, 1.54) is 0 Å². The number of hydrogen-bond donors (Lipinski definition) is 3. The molecule has 0 saturated heterocycles. The predicted octanol–water partition coefficient (Wildman–Crippen LogP) is 3.06. The van der Waals surface area contributed by atoms with Crippen molar-refractivity contribution in [3.8, 4) is 0 Å². The number of amides is 2. The first-order chi connectivity index (χ1) is 10.7. The highest BCUT2D eigenvalue weighted by Crippen LogP contribution is 2.23. The van der Waals surface area contributed by atoms with Gasteiger partial charge in [0.25, 0.3) is 0 Å². The third-order valence-corrected chi connectivity index (χ3v) is 2.94. The fourth-order valence-corrected chi connectivity index (χ4v) is 1.73. The van der Waals surface area contributed by atoms with Gasteiger partial charge < -0.3 is 19.3 Å². The summed E-state index contributed by atoms with van der Waals surface area (Å²) in [4.78, 5) is 22.2. The average Bonchev–Trinajstić information content (AvgIpc) is 2.32. The molecule has 0 aromatic rings. The Kier molecular flexibility index (Phi) is 8.49. The molecule has 142 valence electrons. The molecule has 0 aliphatic carbocycles. The second-order valence-corrected chi connectivity index (χ2v) is 7.82. The summed E-state index contributed by atoms with van der Waals surface area (Å²) in [6.07, 6.45) is -1.33. The number of rotatable bonds is 7. The van der Waals surface area contributed by atoms with Gasteiger partial charge in [0.2, 0.25) is 0 Å². The van der Waals surface area contributed by atoms with Gasteiger partial charge in [0, 0.05) is 12.8 Å². The second kappa shape index (κ2) is 9.08. The first kappa shape index (κ1) is 22.5. The van der Waals surface area contributed by atoms with E-state index < -0.39 is 17.8 Å². The average molecular weight is 348 g/mol. The van der Waals surface area contributed by atoms with Gasteiger partial charge in [-0.2, -0.15) is 0 Å². The fraction of sp³-hybridized carbons (Fsp3) is 0.875. The standard InChI is InChI=1S/C16H32N2O6/c1-14(2,3)22-10-8-16(7,9-11-23-15(4,5)6)24-13(21)18-17-12(19)20/h17H,8-11H2,1-7H3,(H,18,21)(H,19,20). The molecule has 24 heavy (non-hydrogen) atoms. The number of ether oxygens (including phenoxy) is 3. The Labute approximate surface area is 144 Å². The second-order valence-electron chi connectivity index (χ2n) is 7.82. The molecule has 0 saturated carbocycles. The van der Waals surface area contributed by atoms with Crippen LogP contribution in [0.3, 0.4) is 0 Å². The van der Waals surface area contributed by atoms with Crippen LogP contribution in [0.5, 0.6) is 0 Å². The van der Waals surface area contributed by atoms with Crippen LogP contribution >= 0.6 is 0 Å². The van der Waals surface area contributed by atoms with E-state index in [9.17, 15) is 9.59 Å². The highest BCUT2D eigenvalue weighted by Gasteiger charge is 2.30. The predicted molar refractivity (Wildman–Crippen MR) is 89.8 cm³/mol. The lowest BCUT2D eigenvalue weighted by atomic mass is 9.98. The monoisotopic (exact) mass is 348 g/mol. The first-order valence-corrected chi connectivity index (χ1v) is 7.98. The van der Waals surface area contributed by atoms with E-state index in [2.05, 4.69) is 0 Å². The molecule has 0 atom stereocenters. The highest BCUT2D eigenvalue weighted by molar-refractivity contribution is 5.72. The molecule has 0 aliphatic rings. The van der Waals surface area contributed by atoms with Crippen molar-refractivity contribution in [2.45, 2.75) is 78.1 Å². The molecule has 0 heterocycles. The van der Waals surface area contributed by atoms with Crippen LogP contribution in [0.25, 0.3) is 0 Å². The number of hydrazine groups is 1. The van der Waals surface area contributed by atoms with Crippen molar-refractivity contribution in [2.75, 3.05) is 13.2 Å². The molecule has 3 N–H and O–H groups in total. The minimum atomic E-state index is -1.37. The van der Waals surface area contributed by atoms with Crippen molar-refractivity contribution in [1.82, 2.24) is 10.9 Å². The molecule has 8 nitrogen and oxygen atoms in total. The van der Waals surface area contributed by atoms with Crippen LogP contribution in [0.2, 0.25) is 0 Å². The third-order valence-electron chi connectivity index (χ3n) is 2.94. The summed E-state index contributed by atoms with van der Waals surface area (Å²) < 4.78 is 16.8. The zero-order valence-electron chi connectivity index (χ0n) is 15.8. The van der Waals surface area contributed by atoms with Crippen molar-refractivity contribution < 1.29 is 28.9 Å². The lowest BCUT2D eigenvalue weighted by Crippen LogP contribution is -2.46. The van der Waals surface area contributed by atoms with Crippen molar-refractivity contribution in [3.05, 3.63) is 0 Å². The van der Waals surface area contributed by atoms with Gasteiger partial charge in [-0.3, -0.25) is 0 Å². The first-order valence-electron chi connectivity index (χ1n) is 7.98. The van der Waals surface area contributed by atoms with E-state index in [0.29, 0.717) is 26.1 Å². The van der Waals surface area contributed by atoms with Gasteiger partial charge in [0.05, 0.1) is 24.4 Å². The SMILES string of the molecule is CC(C)(C)OCCC(C)(CCOC(C)(C)C)OC(=O)NNC(=O)O. The topological polar surface area (TPSA) is 106 Å². The lowest BCUT2D eigenvalue weighted by Gasteiger charge is -2.32. The zero-order valence-corrected chi connectivity index (χ0v) is 15.8. The van der Waals surface area contributed by atoms with Crippen LogP contribution in [-0.4, -0.2) is 47.3 Å². The molecule has 0 aromatic heterocycles. The molecular weight excluding hydrogens is 316 g/mol. The summed E-state index contributed by atoms with van der Waals surface area (Å²) in [7, 11) is 0. The number of hydrogen-bond acceptors (Lipinski definition) is 5. The molecule has 0 unspecified atom stereocenters. The van der Waals surface area contributed by atoms with Gasteiger partial charge in [-0.1, -0.05) is 0 Å². The summed E-state index contributed by atoms with van der Waals surface area (Å²) >= 11 is 0. The quantitative estimate of drug-likeness (QED) is 0.611. The van der Waals surface area contributed by atoms with E-state index in [4.69, 9.17) is 19.3 Å². The molecule has 0 aliphatic heterocycles. The van der Waals surface area contributed by atoms with Gasteiger partial charge in [0.1, 0.15) is 5.60 Å². The number of carbonyl (C=O) groups is 2. The molecule has 8 heteroatoms. The molecule has 0 rings (SSSR count). The number of carbonyl (C=O) groups excluding carboxylic acids is 1.